The van der Waals surface area contributed by atoms with Gasteiger partial charge >= 0.3 is 0 Å². The molecular formula is C14H24N2. The van der Waals surface area contributed by atoms with Gasteiger partial charge in [0.15, 0.2) is 0 Å². The highest BCUT2D eigenvalue weighted by atomic mass is 15.1. The van der Waals surface area contributed by atoms with Crippen LogP contribution in [0.2, 0.25) is 0 Å². The zero-order valence-corrected chi connectivity index (χ0v) is 11.0. The third kappa shape index (κ3) is 3.06. The number of likely N-dealkylation sites (N-methyl/N-ethyl adjacent to an activating group) is 1. The molecular weight excluding hydrogens is 196 g/mol. The predicted octanol–water partition coefficient (Wildman–Crippen LogP) is 2.65. The van der Waals surface area contributed by atoms with Gasteiger partial charge in [-0.15, -0.1) is 0 Å². The fourth-order valence-corrected chi connectivity index (χ4v) is 2.05. The summed E-state index contributed by atoms with van der Waals surface area (Å²) in [5.74, 6) is 0. The minimum Gasteiger partial charge on any atom is -0.329 e. The second-order valence-electron chi connectivity index (χ2n) is 4.58. The standard InChI is InChI=1S/C14H24N2/c1-5-8-16(4)14(10-15)13-7-6-11(2)12(3)9-13/h6-7,9,14H,5,8,10,15H2,1-4H3. The van der Waals surface area contributed by atoms with E-state index in [9.17, 15) is 0 Å². The first-order valence-electron chi connectivity index (χ1n) is 6.07. The van der Waals surface area contributed by atoms with Crippen molar-refractivity contribution in [2.24, 2.45) is 5.73 Å². The van der Waals surface area contributed by atoms with Gasteiger partial charge in [-0.25, -0.2) is 0 Å². The minimum absolute atomic E-state index is 0.347. The van der Waals surface area contributed by atoms with Gasteiger partial charge in [0.2, 0.25) is 0 Å². The van der Waals surface area contributed by atoms with Crippen LogP contribution in [-0.4, -0.2) is 25.0 Å². The minimum atomic E-state index is 0.347. The van der Waals surface area contributed by atoms with Gasteiger partial charge in [-0.2, -0.15) is 0 Å². The highest BCUT2D eigenvalue weighted by molar-refractivity contribution is 5.31. The fraction of sp³-hybridized carbons (Fsp3) is 0.571. The SMILES string of the molecule is CCCN(C)C(CN)c1ccc(C)c(C)c1. The predicted molar refractivity (Wildman–Crippen MR) is 70.6 cm³/mol. The van der Waals surface area contributed by atoms with Crippen LogP contribution in [0.4, 0.5) is 0 Å². The number of nitrogens with two attached hydrogens (primary N) is 1. The first-order valence-corrected chi connectivity index (χ1v) is 6.07. The van der Waals surface area contributed by atoms with Crippen LogP contribution >= 0.6 is 0 Å². The number of nitrogens with zero attached hydrogens (tertiary/aromatic N) is 1. The molecule has 1 unspecified atom stereocenters. The van der Waals surface area contributed by atoms with Crippen LogP contribution in [0.3, 0.4) is 0 Å². The van der Waals surface area contributed by atoms with E-state index in [2.05, 4.69) is 50.9 Å². The number of hydrogen-bond donors (Lipinski definition) is 1. The molecule has 2 N–H and O–H groups in total. The summed E-state index contributed by atoms with van der Waals surface area (Å²) >= 11 is 0. The van der Waals surface area contributed by atoms with Crippen LogP contribution in [0.5, 0.6) is 0 Å². The summed E-state index contributed by atoms with van der Waals surface area (Å²) in [6, 6.07) is 7.00. The Kier molecular flexibility index (Phi) is 4.97. The van der Waals surface area contributed by atoms with E-state index in [4.69, 9.17) is 5.73 Å². The molecule has 0 spiro atoms. The van der Waals surface area contributed by atoms with E-state index >= 15 is 0 Å². The van der Waals surface area contributed by atoms with E-state index in [1.165, 1.54) is 16.7 Å². The van der Waals surface area contributed by atoms with Crippen molar-refractivity contribution < 1.29 is 0 Å². The topological polar surface area (TPSA) is 29.3 Å². The maximum atomic E-state index is 5.88. The van der Waals surface area contributed by atoms with Crippen molar-refractivity contribution in [1.29, 1.82) is 0 Å². The highest BCUT2D eigenvalue weighted by Crippen LogP contribution is 2.21. The quantitative estimate of drug-likeness (QED) is 0.826. The van der Waals surface area contributed by atoms with E-state index in [0.29, 0.717) is 12.6 Å². The monoisotopic (exact) mass is 220 g/mol. The summed E-state index contributed by atoms with van der Waals surface area (Å²) in [5, 5.41) is 0. The molecule has 16 heavy (non-hydrogen) atoms. The molecule has 2 heteroatoms. The van der Waals surface area contributed by atoms with E-state index in [1.54, 1.807) is 0 Å². The van der Waals surface area contributed by atoms with Crippen molar-refractivity contribution in [2.45, 2.75) is 33.2 Å². The third-order valence-electron chi connectivity index (χ3n) is 3.25. The normalized spacial score (nSPS) is 13.1. The molecule has 0 aliphatic rings. The molecule has 90 valence electrons. The van der Waals surface area contributed by atoms with Crippen molar-refractivity contribution >= 4 is 0 Å². The molecule has 0 aliphatic carbocycles. The Hall–Kier alpha value is -0.860. The van der Waals surface area contributed by atoms with Crippen molar-refractivity contribution in [1.82, 2.24) is 4.90 Å². The number of benzene rings is 1. The Labute approximate surface area is 99.5 Å². The lowest BCUT2D eigenvalue weighted by Crippen LogP contribution is -2.31. The number of hydrogen-bond acceptors (Lipinski definition) is 2. The van der Waals surface area contributed by atoms with Crippen molar-refractivity contribution in [3.63, 3.8) is 0 Å². The Morgan fingerprint density at radius 2 is 1.94 bits per heavy atom. The van der Waals surface area contributed by atoms with Crippen LogP contribution in [0.1, 0.15) is 36.1 Å². The van der Waals surface area contributed by atoms with Gasteiger partial charge in [-0.1, -0.05) is 25.1 Å². The van der Waals surface area contributed by atoms with E-state index < -0.39 is 0 Å². The summed E-state index contributed by atoms with van der Waals surface area (Å²) in [4.78, 5) is 2.34. The molecule has 0 saturated heterocycles. The number of rotatable bonds is 5. The van der Waals surface area contributed by atoms with Crippen LogP contribution in [0.25, 0.3) is 0 Å². The van der Waals surface area contributed by atoms with Gasteiger partial charge in [0.05, 0.1) is 0 Å². The van der Waals surface area contributed by atoms with Crippen LogP contribution in [-0.2, 0) is 0 Å². The zero-order valence-electron chi connectivity index (χ0n) is 11.0. The fourth-order valence-electron chi connectivity index (χ4n) is 2.05. The lowest BCUT2D eigenvalue weighted by molar-refractivity contribution is 0.250. The summed E-state index contributed by atoms with van der Waals surface area (Å²) in [7, 11) is 2.15. The molecule has 0 amide bonds. The van der Waals surface area contributed by atoms with Gasteiger partial charge in [-0.05, 0) is 50.6 Å². The van der Waals surface area contributed by atoms with Gasteiger partial charge in [0, 0.05) is 12.6 Å². The van der Waals surface area contributed by atoms with Gasteiger partial charge in [-0.3, -0.25) is 4.90 Å². The van der Waals surface area contributed by atoms with E-state index in [0.717, 1.165) is 13.0 Å². The molecule has 0 saturated carbocycles. The van der Waals surface area contributed by atoms with Crippen LogP contribution < -0.4 is 5.73 Å². The Balaban J connectivity index is 2.90. The lowest BCUT2D eigenvalue weighted by atomic mass is 10.00. The maximum absolute atomic E-state index is 5.88. The summed E-state index contributed by atoms with van der Waals surface area (Å²) in [6.07, 6.45) is 1.16. The van der Waals surface area contributed by atoms with Gasteiger partial charge in [0.1, 0.15) is 0 Å². The molecule has 0 aliphatic heterocycles. The number of aryl methyl sites for hydroxylation is 2. The molecule has 0 aromatic heterocycles. The van der Waals surface area contributed by atoms with Crippen molar-refractivity contribution in [2.75, 3.05) is 20.1 Å². The van der Waals surface area contributed by atoms with Gasteiger partial charge < -0.3 is 5.73 Å². The lowest BCUT2D eigenvalue weighted by Gasteiger charge is -2.27. The molecule has 0 radical (unpaired) electrons. The molecule has 2 nitrogen and oxygen atoms in total. The third-order valence-corrected chi connectivity index (χ3v) is 3.25. The van der Waals surface area contributed by atoms with Crippen LogP contribution in [0.15, 0.2) is 18.2 Å². The molecule has 1 aromatic carbocycles. The van der Waals surface area contributed by atoms with Crippen LogP contribution in [0, 0.1) is 13.8 Å². The average molecular weight is 220 g/mol. The summed E-state index contributed by atoms with van der Waals surface area (Å²) < 4.78 is 0. The first kappa shape index (κ1) is 13.2. The van der Waals surface area contributed by atoms with Crippen molar-refractivity contribution in [3.05, 3.63) is 34.9 Å². The van der Waals surface area contributed by atoms with E-state index in [-0.39, 0.29) is 0 Å². The smallest absolute Gasteiger partial charge is 0.0467 e. The summed E-state index contributed by atoms with van der Waals surface area (Å²) in [6.45, 7) is 8.27. The largest absolute Gasteiger partial charge is 0.329 e. The Morgan fingerprint density at radius 1 is 1.25 bits per heavy atom. The second-order valence-corrected chi connectivity index (χ2v) is 4.58. The summed E-state index contributed by atoms with van der Waals surface area (Å²) in [5.41, 5.74) is 9.91. The Bertz CT molecular complexity index is 334. The average Bonchev–Trinajstić information content (AvgIpc) is 2.25. The highest BCUT2D eigenvalue weighted by Gasteiger charge is 2.14. The van der Waals surface area contributed by atoms with Crippen molar-refractivity contribution in [3.8, 4) is 0 Å². The molecule has 1 aromatic rings. The first-order chi connectivity index (χ1) is 7.60. The second kappa shape index (κ2) is 6.02. The zero-order chi connectivity index (χ0) is 12.1. The Morgan fingerprint density at radius 3 is 2.44 bits per heavy atom. The molecule has 1 rings (SSSR count). The maximum Gasteiger partial charge on any atom is 0.0467 e. The van der Waals surface area contributed by atoms with E-state index in [1.807, 2.05) is 0 Å². The molecule has 1 atom stereocenters. The molecule has 0 heterocycles. The van der Waals surface area contributed by atoms with Gasteiger partial charge in [0.25, 0.3) is 0 Å². The molecule has 0 fully saturated rings. The molecule has 0 bridgehead atoms.